The highest BCUT2D eigenvalue weighted by Gasteiger charge is 2.24. The SMILES string of the molecule is CCCC[CH]C(=O)C1NCCc2ccccc21. The summed E-state index contributed by atoms with van der Waals surface area (Å²) in [5.41, 5.74) is 2.48. The van der Waals surface area contributed by atoms with Crippen LogP contribution in [0.25, 0.3) is 0 Å². The van der Waals surface area contributed by atoms with E-state index in [0.717, 1.165) is 37.8 Å². The van der Waals surface area contributed by atoms with Crippen molar-refractivity contribution in [2.45, 2.75) is 38.6 Å². The maximum atomic E-state index is 12.1. The first kappa shape index (κ1) is 12.3. The Kier molecular flexibility index (Phi) is 4.32. The Morgan fingerprint density at radius 3 is 3.12 bits per heavy atom. The van der Waals surface area contributed by atoms with Crippen LogP contribution in [0, 0.1) is 6.42 Å². The smallest absolute Gasteiger partial charge is 0.158 e. The third kappa shape index (κ3) is 2.95. The number of hydrogen-bond donors (Lipinski definition) is 1. The van der Waals surface area contributed by atoms with E-state index in [2.05, 4.69) is 24.4 Å². The molecule has 2 rings (SSSR count). The number of fused-ring (bicyclic) bond motifs is 1. The van der Waals surface area contributed by atoms with Gasteiger partial charge in [0.15, 0.2) is 5.78 Å². The molecule has 1 N–H and O–H groups in total. The highest BCUT2D eigenvalue weighted by atomic mass is 16.1. The average Bonchev–Trinajstić information content (AvgIpc) is 2.38. The normalized spacial score (nSPS) is 18.8. The van der Waals surface area contributed by atoms with Gasteiger partial charge in [-0.1, -0.05) is 44.0 Å². The molecule has 1 aliphatic heterocycles. The van der Waals surface area contributed by atoms with Crippen molar-refractivity contribution in [1.82, 2.24) is 5.32 Å². The number of nitrogens with one attached hydrogen (secondary N) is 1. The van der Waals surface area contributed by atoms with Crippen molar-refractivity contribution in [3.63, 3.8) is 0 Å². The zero-order chi connectivity index (χ0) is 12.1. The molecule has 0 amide bonds. The number of ketones is 1. The molecule has 0 spiro atoms. The molecule has 1 atom stereocenters. The number of Topliss-reactive ketones (excluding diaryl/α,β-unsaturated/α-hetero) is 1. The van der Waals surface area contributed by atoms with Crippen molar-refractivity contribution < 1.29 is 4.79 Å². The van der Waals surface area contributed by atoms with E-state index in [1.54, 1.807) is 0 Å². The van der Waals surface area contributed by atoms with Gasteiger partial charge in [0, 0.05) is 13.0 Å². The van der Waals surface area contributed by atoms with Crippen LogP contribution < -0.4 is 5.32 Å². The molecule has 17 heavy (non-hydrogen) atoms. The predicted molar refractivity (Wildman–Crippen MR) is 69.7 cm³/mol. The molecule has 0 aliphatic carbocycles. The second-order valence-corrected chi connectivity index (χ2v) is 4.58. The van der Waals surface area contributed by atoms with Crippen molar-refractivity contribution in [2.24, 2.45) is 0 Å². The summed E-state index contributed by atoms with van der Waals surface area (Å²) in [5.74, 6) is 0.227. The van der Waals surface area contributed by atoms with E-state index in [4.69, 9.17) is 0 Å². The molecule has 91 valence electrons. The lowest BCUT2D eigenvalue weighted by Gasteiger charge is -2.25. The molecule has 1 unspecified atom stereocenters. The van der Waals surface area contributed by atoms with Crippen LogP contribution in [0.15, 0.2) is 24.3 Å². The monoisotopic (exact) mass is 230 g/mol. The van der Waals surface area contributed by atoms with E-state index in [9.17, 15) is 4.79 Å². The number of benzene rings is 1. The minimum Gasteiger partial charge on any atom is -0.303 e. The summed E-state index contributed by atoms with van der Waals surface area (Å²) in [5, 5.41) is 3.32. The number of carbonyl (C=O) groups excluding carboxylic acids is 1. The lowest BCUT2D eigenvalue weighted by molar-refractivity contribution is -0.118. The Morgan fingerprint density at radius 1 is 1.47 bits per heavy atom. The van der Waals surface area contributed by atoms with Gasteiger partial charge in [0.05, 0.1) is 6.04 Å². The van der Waals surface area contributed by atoms with Gasteiger partial charge < -0.3 is 5.32 Å². The van der Waals surface area contributed by atoms with Gasteiger partial charge in [-0.05, 0) is 24.0 Å². The fourth-order valence-electron chi connectivity index (χ4n) is 2.32. The Hall–Kier alpha value is -1.15. The Bertz CT molecular complexity index is 386. The summed E-state index contributed by atoms with van der Waals surface area (Å²) < 4.78 is 0. The quantitative estimate of drug-likeness (QED) is 0.788. The van der Waals surface area contributed by atoms with Gasteiger partial charge in [-0.2, -0.15) is 0 Å². The molecule has 0 fully saturated rings. The molecular weight excluding hydrogens is 210 g/mol. The van der Waals surface area contributed by atoms with Gasteiger partial charge in [0.1, 0.15) is 0 Å². The lowest BCUT2D eigenvalue weighted by atomic mass is 9.90. The highest BCUT2D eigenvalue weighted by Crippen LogP contribution is 2.24. The Labute approximate surface area is 103 Å². The van der Waals surface area contributed by atoms with Crippen LogP contribution in [0.3, 0.4) is 0 Å². The standard InChI is InChI=1S/C15H20NO/c1-2-3-4-9-14(17)15-13-8-6-5-7-12(13)10-11-16-15/h5-9,15-16H,2-4,10-11H2,1H3. The van der Waals surface area contributed by atoms with Crippen LogP contribution in [-0.4, -0.2) is 12.3 Å². The minimum atomic E-state index is -0.114. The maximum Gasteiger partial charge on any atom is 0.158 e. The number of rotatable bonds is 5. The van der Waals surface area contributed by atoms with Crippen molar-refractivity contribution in [3.05, 3.63) is 41.8 Å². The molecule has 0 saturated carbocycles. The lowest BCUT2D eigenvalue weighted by Crippen LogP contribution is -2.35. The summed E-state index contributed by atoms with van der Waals surface area (Å²) in [6.07, 6.45) is 6.01. The first-order valence-corrected chi connectivity index (χ1v) is 6.51. The molecule has 2 nitrogen and oxygen atoms in total. The molecule has 0 aromatic heterocycles. The Balaban J connectivity index is 2.05. The first-order valence-electron chi connectivity index (χ1n) is 6.51. The zero-order valence-electron chi connectivity index (χ0n) is 10.4. The topological polar surface area (TPSA) is 29.1 Å². The molecule has 2 heteroatoms. The van der Waals surface area contributed by atoms with Crippen molar-refractivity contribution in [1.29, 1.82) is 0 Å². The van der Waals surface area contributed by atoms with Crippen molar-refractivity contribution in [2.75, 3.05) is 6.54 Å². The van der Waals surface area contributed by atoms with Gasteiger partial charge in [0.2, 0.25) is 0 Å². The minimum absolute atomic E-state index is 0.114. The maximum absolute atomic E-state index is 12.1. The molecule has 0 bridgehead atoms. The second kappa shape index (κ2) is 5.97. The average molecular weight is 230 g/mol. The summed E-state index contributed by atoms with van der Waals surface area (Å²) in [6, 6.07) is 8.14. The van der Waals surface area contributed by atoms with E-state index in [1.165, 1.54) is 5.56 Å². The van der Waals surface area contributed by atoms with Crippen LogP contribution in [0.5, 0.6) is 0 Å². The molecular formula is C15H20NO. The number of hydrogen-bond acceptors (Lipinski definition) is 2. The van der Waals surface area contributed by atoms with E-state index in [0.29, 0.717) is 0 Å². The van der Waals surface area contributed by atoms with Crippen molar-refractivity contribution >= 4 is 5.78 Å². The van der Waals surface area contributed by atoms with Crippen molar-refractivity contribution in [3.8, 4) is 0 Å². The second-order valence-electron chi connectivity index (χ2n) is 4.58. The number of unbranched alkanes of at least 4 members (excludes halogenated alkanes) is 2. The predicted octanol–water partition coefficient (Wildman–Crippen LogP) is 2.84. The van der Waals surface area contributed by atoms with Crippen LogP contribution in [0.2, 0.25) is 0 Å². The molecule has 1 aliphatic rings. The zero-order valence-corrected chi connectivity index (χ0v) is 10.4. The molecule has 0 saturated heterocycles. The van der Waals surface area contributed by atoms with E-state index >= 15 is 0 Å². The van der Waals surface area contributed by atoms with Crippen LogP contribution in [0.4, 0.5) is 0 Å². The molecule has 1 radical (unpaired) electrons. The molecule has 1 heterocycles. The van der Waals surface area contributed by atoms with Crippen LogP contribution >= 0.6 is 0 Å². The van der Waals surface area contributed by atoms with Gasteiger partial charge in [-0.25, -0.2) is 0 Å². The first-order chi connectivity index (χ1) is 8.33. The van der Waals surface area contributed by atoms with Gasteiger partial charge >= 0.3 is 0 Å². The van der Waals surface area contributed by atoms with E-state index in [-0.39, 0.29) is 11.8 Å². The highest BCUT2D eigenvalue weighted by molar-refractivity contribution is 5.93. The van der Waals surface area contributed by atoms with Gasteiger partial charge in [-0.15, -0.1) is 0 Å². The third-order valence-electron chi connectivity index (χ3n) is 3.30. The largest absolute Gasteiger partial charge is 0.303 e. The van der Waals surface area contributed by atoms with E-state index in [1.807, 2.05) is 18.6 Å². The summed E-state index contributed by atoms with van der Waals surface area (Å²) >= 11 is 0. The number of carbonyl (C=O) groups is 1. The molecule has 1 aromatic rings. The van der Waals surface area contributed by atoms with Crippen LogP contribution in [0.1, 0.15) is 43.4 Å². The van der Waals surface area contributed by atoms with Gasteiger partial charge in [0.25, 0.3) is 0 Å². The third-order valence-corrected chi connectivity index (χ3v) is 3.30. The fourth-order valence-corrected chi connectivity index (χ4v) is 2.32. The fraction of sp³-hybridized carbons (Fsp3) is 0.467. The molecule has 1 aromatic carbocycles. The summed E-state index contributed by atoms with van der Waals surface area (Å²) in [7, 11) is 0. The van der Waals surface area contributed by atoms with Crippen LogP contribution in [-0.2, 0) is 11.2 Å². The summed E-state index contributed by atoms with van der Waals surface area (Å²) in [6.45, 7) is 3.04. The summed E-state index contributed by atoms with van der Waals surface area (Å²) in [4.78, 5) is 12.1. The van der Waals surface area contributed by atoms with Gasteiger partial charge in [-0.3, -0.25) is 4.79 Å². The van der Waals surface area contributed by atoms with E-state index < -0.39 is 0 Å². The Morgan fingerprint density at radius 2 is 2.29 bits per heavy atom.